The highest BCUT2D eigenvalue weighted by molar-refractivity contribution is 6.19. The summed E-state index contributed by atoms with van der Waals surface area (Å²) < 4.78 is 0. The second kappa shape index (κ2) is 4.56. The van der Waals surface area contributed by atoms with Gasteiger partial charge < -0.3 is 16.0 Å². The molecule has 1 amide bonds. The number of nitrogens with two attached hydrogens (primary N) is 1. The van der Waals surface area contributed by atoms with Crippen LogP contribution in [0.25, 0.3) is 21.8 Å². The summed E-state index contributed by atoms with van der Waals surface area (Å²) in [5.41, 5.74) is 8.80. The number of aromatic nitrogens is 1. The third-order valence-electron chi connectivity index (χ3n) is 3.37. The van der Waals surface area contributed by atoms with E-state index in [2.05, 4.69) is 24.1 Å². The molecule has 0 fully saturated rings. The first-order valence-corrected chi connectivity index (χ1v) is 6.67. The lowest BCUT2D eigenvalue weighted by Crippen LogP contribution is -2.13. The van der Waals surface area contributed by atoms with Crippen molar-refractivity contribution >= 4 is 33.4 Å². The number of hydrogen-bond acceptors (Lipinski definition) is 2. The number of fused-ring (bicyclic) bond motifs is 3. The van der Waals surface area contributed by atoms with Gasteiger partial charge in [0.15, 0.2) is 0 Å². The zero-order valence-electron chi connectivity index (χ0n) is 11.5. The topological polar surface area (TPSA) is 70.9 Å². The first-order chi connectivity index (χ1) is 9.58. The monoisotopic (exact) mass is 267 g/mol. The first-order valence-electron chi connectivity index (χ1n) is 6.67. The van der Waals surface area contributed by atoms with Crippen LogP contribution in [0.1, 0.15) is 24.2 Å². The number of rotatable bonds is 3. The smallest absolute Gasteiger partial charge is 0.250 e. The van der Waals surface area contributed by atoms with Crippen molar-refractivity contribution in [2.75, 3.05) is 5.32 Å². The first kappa shape index (κ1) is 12.5. The van der Waals surface area contributed by atoms with Crippen LogP contribution in [0.3, 0.4) is 0 Å². The van der Waals surface area contributed by atoms with Crippen molar-refractivity contribution in [1.29, 1.82) is 0 Å². The molecule has 3 rings (SSSR count). The number of carbonyl (C=O) groups excluding carboxylic acids is 1. The number of nitrogens with one attached hydrogen (secondary N) is 2. The largest absolute Gasteiger partial charge is 0.382 e. The Bertz CT molecular complexity index is 802. The molecule has 4 heteroatoms. The van der Waals surface area contributed by atoms with E-state index in [1.165, 1.54) is 0 Å². The number of H-pyrrole nitrogens is 1. The Morgan fingerprint density at radius 1 is 1.20 bits per heavy atom. The van der Waals surface area contributed by atoms with Crippen LogP contribution in [-0.2, 0) is 0 Å². The molecule has 0 saturated heterocycles. The highest BCUT2D eigenvalue weighted by atomic mass is 16.1. The molecule has 0 aliphatic carbocycles. The van der Waals surface area contributed by atoms with Crippen LogP contribution < -0.4 is 11.1 Å². The van der Waals surface area contributed by atoms with Gasteiger partial charge in [0.25, 0.3) is 5.91 Å². The molecule has 20 heavy (non-hydrogen) atoms. The van der Waals surface area contributed by atoms with E-state index >= 15 is 0 Å². The molecule has 3 aromatic rings. The zero-order chi connectivity index (χ0) is 14.3. The number of amides is 1. The number of hydrogen-bond donors (Lipinski definition) is 3. The van der Waals surface area contributed by atoms with Gasteiger partial charge >= 0.3 is 0 Å². The van der Waals surface area contributed by atoms with E-state index in [4.69, 9.17) is 5.73 Å². The third kappa shape index (κ3) is 1.90. The fraction of sp³-hybridized carbons (Fsp3) is 0.188. The van der Waals surface area contributed by atoms with Gasteiger partial charge in [-0.25, -0.2) is 0 Å². The van der Waals surface area contributed by atoms with E-state index in [0.29, 0.717) is 11.6 Å². The van der Waals surface area contributed by atoms with E-state index in [0.717, 1.165) is 27.5 Å². The Morgan fingerprint density at radius 3 is 2.65 bits per heavy atom. The minimum Gasteiger partial charge on any atom is -0.382 e. The molecule has 4 N–H and O–H groups in total. The molecule has 0 atom stereocenters. The Kier molecular flexibility index (Phi) is 2.86. The number of benzene rings is 2. The summed E-state index contributed by atoms with van der Waals surface area (Å²) in [7, 11) is 0. The van der Waals surface area contributed by atoms with Crippen LogP contribution >= 0.6 is 0 Å². The van der Waals surface area contributed by atoms with Crippen LogP contribution in [0.5, 0.6) is 0 Å². The van der Waals surface area contributed by atoms with Gasteiger partial charge in [-0.2, -0.15) is 0 Å². The van der Waals surface area contributed by atoms with Gasteiger partial charge in [0, 0.05) is 28.0 Å². The SMILES string of the molecule is CC(C)Nc1ccc(C(N)=O)c2[nH]c3ccccc3c12. The Hall–Kier alpha value is -2.49. The normalized spacial score (nSPS) is 11.3. The molecule has 102 valence electrons. The van der Waals surface area contributed by atoms with Gasteiger partial charge in [0.1, 0.15) is 0 Å². The van der Waals surface area contributed by atoms with Crippen LogP contribution in [0.2, 0.25) is 0 Å². The molecule has 0 radical (unpaired) electrons. The van der Waals surface area contributed by atoms with Crippen molar-refractivity contribution in [2.45, 2.75) is 19.9 Å². The van der Waals surface area contributed by atoms with Gasteiger partial charge in [0.05, 0.1) is 11.1 Å². The molecule has 2 aromatic carbocycles. The molecule has 0 spiro atoms. The van der Waals surface area contributed by atoms with Crippen molar-refractivity contribution in [3.63, 3.8) is 0 Å². The maximum absolute atomic E-state index is 11.6. The van der Waals surface area contributed by atoms with Crippen LogP contribution in [0.4, 0.5) is 5.69 Å². The molecule has 1 heterocycles. The quantitative estimate of drug-likeness (QED) is 0.681. The fourth-order valence-corrected chi connectivity index (χ4v) is 2.59. The Labute approximate surface area is 117 Å². The average molecular weight is 267 g/mol. The molecular formula is C16H17N3O. The van der Waals surface area contributed by atoms with E-state index in [9.17, 15) is 4.79 Å². The van der Waals surface area contributed by atoms with Crippen molar-refractivity contribution in [3.8, 4) is 0 Å². The number of para-hydroxylation sites is 1. The van der Waals surface area contributed by atoms with Crippen LogP contribution in [-0.4, -0.2) is 16.9 Å². The van der Waals surface area contributed by atoms with Crippen molar-refractivity contribution < 1.29 is 4.79 Å². The van der Waals surface area contributed by atoms with E-state index in [1.54, 1.807) is 6.07 Å². The highest BCUT2D eigenvalue weighted by Gasteiger charge is 2.15. The van der Waals surface area contributed by atoms with Crippen molar-refractivity contribution in [3.05, 3.63) is 42.0 Å². The predicted octanol–water partition coefficient (Wildman–Crippen LogP) is 3.24. The third-order valence-corrected chi connectivity index (χ3v) is 3.37. The van der Waals surface area contributed by atoms with Crippen molar-refractivity contribution in [2.24, 2.45) is 5.73 Å². The van der Waals surface area contributed by atoms with Gasteiger partial charge in [-0.3, -0.25) is 4.79 Å². The fourth-order valence-electron chi connectivity index (χ4n) is 2.59. The molecule has 0 saturated carbocycles. The number of primary amides is 1. The van der Waals surface area contributed by atoms with Crippen LogP contribution in [0.15, 0.2) is 36.4 Å². The van der Waals surface area contributed by atoms with Gasteiger partial charge in [-0.1, -0.05) is 18.2 Å². The minimum absolute atomic E-state index is 0.311. The average Bonchev–Trinajstić information content (AvgIpc) is 2.77. The summed E-state index contributed by atoms with van der Waals surface area (Å²) in [5.74, 6) is -0.419. The molecule has 0 bridgehead atoms. The minimum atomic E-state index is -0.419. The van der Waals surface area contributed by atoms with Crippen LogP contribution in [0, 0.1) is 0 Å². The molecule has 1 aromatic heterocycles. The van der Waals surface area contributed by atoms with Gasteiger partial charge in [-0.05, 0) is 32.0 Å². The molecule has 0 aliphatic rings. The summed E-state index contributed by atoms with van der Waals surface area (Å²) in [6.45, 7) is 4.17. The van der Waals surface area contributed by atoms with E-state index in [-0.39, 0.29) is 0 Å². The number of carbonyl (C=O) groups is 1. The summed E-state index contributed by atoms with van der Waals surface area (Å²) in [5, 5.41) is 5.53. The lowest BCUT2D eigenvalue weighted by molar-refractivity contribution is 0.100. The highest BCUT2D eigenvalue weighted by Crippen LogP contribution is 2.33. The molecule has 4 nitrogen and oxygen atoms in total. The van der Waals surface area contributed by atoms with E-state index < -0.39 is 5.91 Å². The lowest BCUT2D eigenvalue weighted by Gasteiger charge is -2.12. The maximum Gasteiger partial charge on any atom is 0.250 e. The second-order valence-corrected chi connectivity index (χ2v) is 5.24. The predicted molar refractivity (Wildman–Crippen MR) is 83.1 cm³/mol. The molecular weight excluding hydrogens is 250 g/mol. The summed E-state index contributed by atoms with van der Waals surface area (Å²) in [6.07, 6.45) is 0. The number of anilines is 1. The lowest BCUT2D eigenvalue weighted by atomic mass is 10.1. The van der Waals surface area contributed by atoms with Gasteiger partial charge in [-0.15, -0.1) is 0 Å². The maximum atomic E-state index is 11.6. The molecule has 0 aliphatic heterocycles. The van der Waals surface area contributed by atoms with Gasteiger partial charge in [0.2, 0.25) is 0 Å². The Balaban J connectivity index is 2.42. The second-order valence-electron chi connectivity index (χ2n) is 5.24. The van der Waals surface area contributed by atoms with E-state index in [1.807, 2.05) is 30.3 Å². The summed E-state index contributed by atoms with van der Waals surface area (Å²) in [4.78, 5) is 14.9. The summed E-state index contributed by atoms with van der Waals surface area (Å²) in [6, 6.07) is 12.0. The zero-order valence-corrected chi connectivity index (χ0v) is 11.5. The number of aromatic amines is 1. The standard InChI is InChI=1S/C16H17N3O/c1-9(2)18-13-8-7-11(16(17)20)15-14(13)10-5-3-4-6-12(10)19-15/h3-9,18-19H,1-2H3,(H2,17,20). The summed E-state index contributed by atoms with van der Waals surface area (Å²) >= 11 is 0. The van der Waals surface area contributed by atoms with Crippen molar-refractivity contribution in [1.82, 2.24) is 4.98 Å². The Morgan fingerprint density at radius 2 is 1.95 bits per heavy atom. The molecule has 0 unspecified atom stereocenters.